The monoisotopic (exact) mass is 286 g/mol. The number of aromatic nitrogens is 1. The number of nitrogens with zero attached hydrogens (tertiary/aromatic N) is 1. The predicted octanol–water partition coefficient (Wildman–Crippen LogP) is 4.31. The Morgan fingerprint density at radius 1 is 1.30 bits per heavy atom. The summed E-state index contributed by atoms with van der Waals surface area (Å²) in [5.74, 6) is 1.05. The number of benzene rings is 1. The Morgan fingerprint density at radius 2 is 2.05 bits per heavy atom. The van der Waals surface area contributed by atoms with E-state index >= 15 is 0 Å². The maximum atomic E-state index is 5.88. The van der Waals surface area contributed by atoms with Crippen LogP contribution < -0.4 is 5.73 Å². The maximum absolute atomic E-state index is 5.88. The van der Waals surface area contributed by atoms with Crippen molar-refractivity contribution < 1.29 is 0 Å². The number of hydrogen-bond acceptors (Lipinski definition) is 3. The van der Waals surface area contributed by atoms with Crippen molar-refractivity contribution in [1.29, 1.82) is 0 Å². The molecule has 106 valence electrons. The molecule has 0 spiro atoms. The van der Waals surface area contributed by atoms with E-state index in [-0.39, 0.29) is 0 Å². The van der Waals surface area contributed by atoms with Crippen LogP contribution in [0.15, 0.2) is 24.3 Å². The van der Waals surface area contributed by atoms with E-state index in [4.69, 9.17) is 10.7 Å². The standard InChI is InChI=1S/C17H22N2S/c1-11(2)12-6-8-13(9-7-12)17-19-16-14(10-18)4-3-5-15(16)20-17/h6-9,11,14H,3-5,10,18H2,1-2H3. The SMILES string of the molecule is CC(C)c1ccc(-c2nc3c(s2)CCCC3CN)cc1. The van der Waals surface area contributed by atoms with Gasteiger partial charge in [0.1, 0.15) is 5.01 Å². The van der Waals surface area contributed by atoms with Gasteiger partial charge in [0.2, 0.25) is 0 Å². The summed E-state index contributed by atoms with van der Waals surface area (Å²) >= 11 is 1.86. The molecule has 0 amide bonds. The van der Waals surface area contributed by atoms with Crippen molar-refractivity contribution in [3.8, 4) is 10.6 Å². The van der Waals surface area contributed by atoms with Gasteiger partial charge in [-0.25, -0.2) is 4.98 Å². The molecule has 0 fully saturated rings. The van der Waals surface area contributed by atoms with Gasteiger partial charge < -0.3 is 5.73 Å². The van der Waals surface area contributed by atoms with Gasteiger partial charge in [-0.2, -0.15) is 0 Å². The fourth-order valence-corrected chi connectivity index (χ4v) is 4.07. The molecule has 0 saturated heterocycles. The molecule has 1 aromatic carbocycles. The van der Waals surface area contributed by atoms with Crippen LogP contribution in [0.5, 0.6) is 0 Å². The molecule has 2 nitrogen and oxygen atoms in total. The minimum atomic E-state index is 0.471. The average molecular weight is 286 g/mol. The van der Waals surface area contributed by atoms with Gasteiger partial charge in [-0.05, 0) is 30.7 Å². The van der Waals surface area contributed by atoms with Crippen LogP contribution >= 0.6 is 11.3 Å². The summed E-state index contributed by atoms with van der Waals surface area (Å²) in [6.07, 6.45) is 3.62. The normalized spacial score (nSPS) is 18.3. The number of hydrogen-bond donors (Lipinski definition) is 1. The molecule has 1 aromatic heterocycles. The highest BCUT2D eigenvalue weighted by Crippen LogP contribution is 2.37. The lowest BCUT2D eigenvalue weighted by Crippen LogP contribution is -2.17. The van der Waals surface area contributed by atoms with Crippen LogP contribution in [0.25, 0.3) is 10.6 Å². The minimum Gasteiger partial charge on any atom is -0.330 e. The number of thiazole rings is 1. The van der Waals surface area contributed by atoms with Crippen LogP contribution in [-0.2, 0) is 6.42 Å². The summed E-state index contributed by atoms with van der Waals surface area (Å²) in [5.41, 5.74) is 9.78. The van der Waals surface area contributed by atoms with Gasteiger partial charge in [-0.1, -0.05) is 38.1 Å². The van der Waals surface area contributed by atoms with Crippen LogP contribution in [0, 0.1) is 0 Å². The lowest BCUT2D eigenvalue weighted by Gasteiger charge is -2.18. The van der Waals surface area contributed by atoms with E-state index < -0.39 is 0 Å². The Morgan fingerprint density at radius 3 is 2.70 bits per heavy atom. The number of rotatable bonds is 3. The molecule has 20 heavy (non-hydrogen) atoms. The fraction of sp³-hybridized carbons (Fsp3) is 0.471. The van der Waals surface area contributed by atoms with Crippen LogP contribution in [0.1, 0.15) is 54.7 Å². The molecule has 1 heterocycles. The Kier molecular flexibility index (Phi) is 3.90. The molecule has 3 heteroatoms. The van der Waals surface area contributed by atoms with Crippen LogP contribution in [0.4, 0.5) is 0 Å². The number of fused-ring (bicyclic) bond motifs is 1. The molecule has 1 aliphatic carbocycles. The van der Waals surface area contributed by atoms with Gasteiger partial charge in [0.05, 0.1) is 5.69 Å². The number of nitrogens with two attached hydrogens (primary N) is 1. The second-order valence-corrected chi connectivity index (χ2v) is 7.01. The van der Waals surface area contributed by atoms with Gasteiger partial charge >= 0.3 is 0 Å². The molecule has 0 aliphatic heterocycles. The molecule has 0 radical (unpaired) electrons. The Bertz CT molecular complexity index is 584. The topological polar surface area (TPSA) is 38.9 Å². The second kappa shape index (κ2) is 5.66. The highest BCUT2D eigenvalue weighted by atomic mass is 32.1. The molecular formula is C17H22N2S. The van der Waals surface area contributed by atoms with Gasteiger partial charge in [0, 0.05) is 22.9 Å². The summed E-state index contributed by atoms with van der Waals surface area (Å²) in [6.45, 7) is 5.17. The van der Waals surface area contributed by atoms with E-state index in [2.05, 4.69) is 38.1 Å². The zero-order chi connectivity index (χ0) is 14.1. The van der Waals surface area contributed by atoms with Crippen LogP contribution in [-0.4, -0.2) is 11.5 Å². The largest absolute Gasteiger partial charge is 0.330 e. The summed E-state index contributed by atoms with van der Waals surface area (Å²) in [7, 11) is 0. The van der Waals surface area contributed by atoms with Gasteiger partial charge in [-0.15, -0.1) is 11.3 Å². The van der Waals surface area contributed by atoms with E-state index in [0.29, 0.717) is 11.8 Å². The van der Waals surface area contributed by atoms with Crippen molar-refractivity contribution in [3.63, 3.8) is 0 Å². The van der Waals surface area contributed by atoms with E-state index in [1.807, 2.05) is 11.3 Å². The molecule has 2 N–H and O–H groups in total. The predicted molar refractivity (Wildman–Crippen MR) is 86.4 cm³/mol. The van der Waals surface area contributed by atoms with Gasteiger partial charge in [-0.3, -0.25) is 0 Å². The molecule has 3 rings (SSSR count). The average Bonchev–Trinajstić information content (AvgIpc) is 2.91. The van der Waals surface area contributed by atoms with E-state index in [1.54, 1.807) is 0 Å². The van der Waals surface area contributed by atoms with Crippen LogP contribution in [0.3, 0.4) is 0 Å². The first kappa shape index (κ1) is 13.8. The quantitative estimate of drug-likeness (QED) is 0.913. The highest BCUT2D eigenvalue weighted by Gasteiger charge is 2.23. The third kappa shape index (κ3) is 2.52. The highest BCUT2D eigenvalue weighted by molar-refractivity contribution is 7.15. The van der Waals surface area contributed by atoms with Gasteiger partial charge in [0.15, 0.2) is 0 Å². The molecule has 1 atom stereocenters. The second-order valence-electron chi connectivity index (χ2n) is 5.93. The van der Waals surface area contributed by atoms with Crippen molar-refractivity contribution in [2.24, 2.45) is 5.73 Å². The maximum Gasteiger partial charge on any atom is 0.123 e. The molecule has 0 bridgehead atoms. The smallest absolute Gasteiger partial charge is 0.123 e. The van der Waals surface area contributed by atoms with Crippen molar-refractivity contribution in [3.05, 3.63) is 40.4 Å². The number of aryl methyl sites for hydroxylation is 1. The minimum absolute atomic E-state index is 0.471. The van der Waals surface area contributed by atoms with Gasteiger partial charge in [0.25, 0.3) is 0 Å². The summed E-state index contributed by atoms with van der Waals surface area (Å²) in [6, 6.07) is 8.86. The molecule has 1 unspecified atom stereocenters. The Labute approximate surface area is 125 Å². The lowest BCUT2D eigenvalue weighted by molar-refractivity contribution is 0.554. The third-order valence-corrected chi connectivity index (χ3v) is 5.36. The van der Waals surface area contributed by atoms with E-state index in [9.17, 15) is 0 Å². The van der Waals surface area contributed by atoms with E-state index in [0.717, 1.165) is 11.6 Å². The zero-order valence-corrected chi connectivity index (χ0v) is 13.0. The van der Waals surface area contributed by atoms with Crippen LogP contribution in [0.2, 0.25) is 0 Å². The van der Waals surface area contributed by atoms with Crippen molar-refractivity contribution >= 4 is 11.3 Å². The third-order valence-electron chi connectivity index (χ3n) is 4.18. The van der Waals surface area contributed by atoms with E-state index in [1.165, 1.54) is 41.0 Å². The summed E-state index contributed by atoms with van der Waals surface area (Å²) in [5, 5.41) is 1.16. The Balaban J connectivity index is 1.93. The van der Waals surface area contributed by atoms with Crippen molar-refractivity contribution in [2.75, 3.05) is 6.54 Å². The molecule has 2 aromatic rings. The lowest BCUT2D eigenvalue weighted by atomic mass is 9.91. The first-order valence-corrected chi connectivity index (χ1v) is 8.30. The summed E-state index contributed by atoms with van der Waals surface area (Å²) in [4.78, 5) is 6.34. The molecule has 1 aliphatic rings. The zero-order valence-electron chi connectivity index (χ0n) is 12.2. The fourth-order valence-electron chi connectivity index (χ4n) is 2.87. The first-order valence-electron chi connectivity index (χ1n) is 7.49. The molecule has 0 saturated carbocycles. The summed E-state index contributed by atoms with van der Waals surface area (Å²) < 4.78 is 0. The molecular weight excluding hydrogens is 264 g/mol. The van der Waals surface area contributed by atoms with Crippen molar-refractivity contribution in [1.82, 2.24) is 4.98 Å². The van der Waals surface area contributed by atoms with Crippen molar-refractivity contribution in [2.45, 2.75) is 44.9 Å². The first-order chi connectivity index (χ1) is 9.69. The Hall–Kier alpha value is -1.19.